The summed E-state index contributed by atoms with van der Waals surface area (Å²) in [5.74, 6) is 1.72. The fourth-order valence-corrected chi connectivity index (χ4v) is 3.19. The molecule has 0 aliphatic heterocycles. The van der Waals surface area contributed by atoms with Gasteiger partial charge in [-0.1, -0.05) is 37.6 Å². The Bertz CT molecular complexity index is 886. The Morgan fingerprint density at radius 1 is 0.906 bits per heavy atom. The number of hydrogen-bond donors (Lipinski definition) is 1. The normalized spacial score (nSPS) is 11.8. The van der Waals surface area contributed by atoms with Crippen LogP contribution in [0.1, 0.15) is 88.7 Å². The van der Waals surface area contributed by atoms with E-state index in [1.165, 1.54) is 5.56 Å². The number of carbonyl (C=O) groups excluding carboxylic acids is 1. The molecule has 0 fully saturated rings. The van der Waals surface area contributed by atoms with Gasteiger partial charge in [-0.3, -0.25) is 4.79 Å². The number of nitrogens with one attached hydrogen (secondary N) is 1. The number of benzene rings is 2. The van der Waals surface area contributed by atoms with E-state index in [0.29, 0.717) is 12.1 Å². The summed E-state index contributed by atoms with van der Waals surface area (Å²) in [6, 6.07) is 13.9. The van der Waals surface area contributed by atoms with Crippen molar-refractivity contribution in [2.24, 2.45) is 0 Å². The van der Waals surface area contributed by atoms with Crippen molar-refractivity contribution < 1.29 is 14.3 Å². The fraction of sp³-hybridized carbons (Fsp3) is 0.536. The molecule has 2 rings (SSSR count). The molecule has 4 heteroatoms. The van der Waals surface area contributed by atoms with Gasteiger partial charge in [0.25, 0.3) is 5.91 Å². The molecule has 0 unspecified atom stereocenters. The SMILES string of the molecule is CCC(C)(C)Oc1ccc(CCCCNC(=O)c2cccc(C)c2)c(OC(C)(C)CC)c1. The maximum atomic E-state index is 12.3. The average molecular weight is 440 g/mol. The van der Waals surface area contributed by atoms with Gasteiger partial charge in [0.15, 0.2) is 0 Å². The lowest BCUT2D eigenvalue weighted by Crippen LogP contribution is -2.28. The van der Waals surface area contributed by atoms with E-state index in [1.54, 1.807) is 0 Å². The third-order valence-electron chi connectivity index (χ3n) is 5.96. The molecule has 0 spiro atoms. The van der Waals surface area contributed by atoms with E-state index in [1.807, 2.05) is 43.3 Å². The Morgan fingerprint density at radius 3 is 2.25 bits per heavy atom. The molecule has 0 aliphatic rings. The lowest BCUT2D eigenvalue weighted by atomic mass is 10.0. The van der Waals surface area contributed by atoms with Crippen LogP contribution in [0.2, 0.25) is 0 Å². The topological polar surface area (TPSA) is 47.6 Å². The molecule has 0 radical (unpaired) electrons. The van der Waals surface area contributed by atoms with Gasteiger partial charge in [-0.05, 0) is 90.5 Å². The van der Waals surface area contributed by atoms with Crippen LogP contribution < -0.4 is 14.8 Å². The van der Waals surface area contributed by atoms with Gasteiger partial charge in [-0.15, -0.1) is 0 Å². The highest BCUT2D eigenvalue weighted by atomic mass is 16.5. The van der Waals surface area contributed by atoms with Crippen LogP contribution >= 0.6 is 0 Å². The van der Waals surface area contributed by atoms with Gasteiger partial charge in [0, 0.05) is 18.2 Å². The largest absolute Gasteiger partial charge is 0.488 e. The van der Waals surface area contributed by atoms with Crippen LogP contribution in [0.4, 0.5) is 0 Å². The second-order valence-corrected chi connectivity index (χ2v) is 9.78. The Balaban J connectivity index is 1.97. The lowest BCUT2D eigenvalue weighted by Gasteiger charge is -2.29. The Labute approximate surface area is 194 Å². The number of unbranched alkanes of at least 4 members (excludes halogenated alkanes) is 1. The summed E-state index contributed by atoms with van der Waals surface area (Å²) >= 11 is 0. The lowest BCUT2D eigenvalue weighted by molar-refractivity contribution is 0.0942. The van der Waals surface area contributed by atoms with Gasteiger partial charge in [0.1, 0.15) is 22.7 Å². The first-order chi connectivity index (χ1) is 15.0. The Kier molecular flexibility index (Phi) is 9.18. The minimum absolute atomic E-state index is 0.0116. The zero-order chi connectivity index (χ0) is 23.8. The van der Waals surface area contributed by atoms with Gasteiger partial charge in [-0.25, -0.2) is 0 Å². The summed E-state index contributed by atoms with van der Waals surface area (Å²) in [7, 11) is 0. The summed E-state index contributed by atoms with van der Waals surface area (Å²) in [4.78, 5) is 12.3. The molecule has 0 saturated carbocycles. The van der Waals surface area contributed by atoms with E-state index < -0.39 is 0 Å². The van der Waals surface area contributed by atoms with Crippen LogP contribution in [0.25, 0.3) is 0 Å². The number of hydrogen-bond acceptors (Lipinski definition) is 3. The molecule has 0 aromatic heterocycles. The van der Waals surface area contributed by atoms with E-state index >= 15 is 0 Å². The van der Waals surface area contributed by atoms with Crippen molar-refractivity contribution in [2.45, 2.75) is 91.8 Å². The average Bonchev–Trinajstić information content (AvgIpc) is 2.74. The summed E-state index contributed by atoms with van der Waals surface area (Å²) in [6.45, 7) is 15.3. The molecule has 4 nitrogen and oxygen atoms in total. The van der Waals surface area contributed by atoms with Crippen molar-refractivity contribution in [3.05, 3.63) is 59.2 Å². The first-order valence-electron chi connectivity index (χ1n) is 11.9. The van der Waals surface area contributed by atoms with Crippen molar-refractivity contribution >= 4 is 5.91 Å². The zero-order valence-corrected chi connectivity index (χ0v) is 21.0. The highest BCUT2D eigenvalue weighted by Crippen LogP contribution is 2.32. The van der Waals surface area contributed by atoms with E-state index in [0.717, 1.165) is 49.2 Å². The van der Waals surface area contributed by atoms with E-state index in [9.17, 15) is 4.79 Å². The zero-order valence-electron chi connectivity index (χ0n) is 21.0. The molecule has 176 valence electrons. The first kappa shape index (κ1) is 25.8. The molecule has 0 aliphatic carbocycles. The second kappa shape index (κ2) is 11.4. The van der Waals surface area contributed by atoms with Gasteiger partial charge >= 0.3 is 0 Å². The third kappa shape index (κ3) is 8.22. The molecule has 0 saturated heterocycles. The van der Waals surface area contributed by atoms with Crippen molar-refractivity contribution in [2.75, 3.05) is 6.54 Å². The molecule has 2 aromatic carbocycles. The molecular weight excluding hydrogens is 398 g/mol. The molecule has 0 heterocycles. The number of carbonyl (C=O) groups is 1. The number of ether oxygens (including phenoxy) is 2. The second-order valence-electron chi connectivity index (χ2n) is 9.78. The number of aryl methyl sites for hydroxylation is 2. The standard InChI is InChI=1S/C28H41NO3/c1-8-27(4,5)31-24-17-16-22(25(20-24)32-28(6,7)9-2)14-10-11-18-29-26(30)23-15-12-13-21(3)19-23/h12-13,15-17,19-20H,8-11,14,18H2,1-7H3,(H,29,30). The molecule has 0 bridgehead atoms. The van der Waals surface area contributed by atoms with Gasteiger partial charge in [0.2, 0.25) is 0 Å². The highest BCUT2D eigenvalue weighted by molar-refractivity contribution is 5.94. The van der Waals surface area contributed by atoms with Gasteiger partial charge < -0.3 is 14.8 Å². The van der Waals surface area contributed by atoms with E-state index in [2.05, 4.69) is 52.9 Å². The molecule has 32 heavy (non-hydrogen) atoms. The van der Waals surface area contributed by atoms with Crippen molar-refractivity contribution in [1.29, 1.82) is 0 Å². The van der Waals surface area contributed by atoms with Crippen LogP contribution in [0.15, 0.2) is 42.5 Å². The van der Waals surface area contributed by atoms with E-state index in [4.69, 9.17) is 9.47 Å². The molecule has 0 atom stereocenters. The minimum atomic E-state index is -0.241. The predicted molar refractivity (Wildman–Crippen MR) is 133 cm³/mol. The Hall–Kier alpha value is -2.49. The Morgan fingerprint density at radius 2 is 1.59 bits per heavy atom. The molecular formula is C28H41NO3. The quantitative estimate of drug-likeness (QED) is 0.367. The summed E-state index contributed by atoms with van der Waals surface area (Å²) < 4.78 is 12.6. The van der Waals surface area contributed by atoms with Crippen molar-refractivity contribution in [3.63, 3.8) is 0 Å². The van der Waals surface area contributed by atoms with Gasteiger partial charge in [-0.2, -0.15) is 0 Å². The van der Waals surface area contributed by atoms with Gasteiger partial charge in [0.05, 0.1) is 0 Å². The van der Waals surface area contributed by atoms with Crippen LogP contribution in [0, 0.1) is 6.92 Å². The van der Waals surface area contributed by atoms with Crippen LogP contribution in [0.3, 0.4) is 0 Å². The molecule has 2 aromatic rings. The summed E-state index contributed by atoms with van der Waals surface area (Å²) in [5, 5.41) is 3.03. The first-order valence-corrected chi connectivity index (χ1v) is 11.9. The van der Waals surface area contributed by atoms with Crippen LogP contribution in [-0.4, -0.2) is 23.7 Å². The predicted octanol–water partition coefficient (Wildman–Crippen LogP) is 6.88. The van der Waals surface area contributed by atoms with Crippen LogP contribution in [-0.2, 0) is 6.42 Å². The molecule has 1 amide bonds. The fourth-order valence-electron chi connectivity index (χ4n) is 3.19. The summed E-state index contributed by atoms with van der Waals surface area (Å²) in [5.41, 5.74) is 2.53. The van der Waals surface area contributed by atoms with E-state index in [-0.39, 0.29) is 17.1 Å². The maximum Gasteiger partial charge on any atom is 0.251 e. The summed E-state index contributed by atoms with van der Waals surface area (Å²) in [6.07, 6.45) is 4.63. The number of rotatable bonds is 12. The molecule has 1 N–H and O–H groups in total. The minimum Gasteiger partial charge on any atom is -0.488 e. The smallest absolute Gasteiger partial charge is 0.251 e. The highest BCUT2D eigenvalue weighted by Gasteiger charge is 2.21. The third-order valence-corrected chi connectivity index (χ3v) is 5.96. The van der Waals surface area contributed by atoms with Crippen LogP contribution in [0.5, 0.6) is 11.5 Å². The maximum absolute atomic E-state index is 12.3. The monoisotopic (exact) mass is 439 g/mol. The van der Waals surface area contributed by atoms with Crippen molar-refractivity contribution in [3.8, 4) is 11.5 Å². The number of amides is 1. The van der Waals surface area contributed by atoms with Crippen molar-refractivity contribution in [1.82, 2.24) is 5.32 Å².